The molecule has 8 nitrogen and oxygen atoms in total. The summed E-state index contributed by atoms with van der Waals surface area (Å²) in [7, 11) is 0. The number of carbonyl (C=O) groups excluding carboxylic acids is 3. The minimum absolute atomic E-state index is 0.123. The lowest BCUT2D eigenvalue weighted by molar-refractivity contribution is -0.217. The Balaban J connectivity index is 2.94. The lowest BCUT2D eigenvalue weighted by Gasteiger charge is -2.42. The van der Waals surface area contributed by atoms with E-state index in [1.165, 1.54) is 20.8 Å². The monoisotopic (exact) mass is 303 g/mol. The van der Waals surface area contributed by atoms with E-state index in [0.717, 1.165) is 0 Å². The predicted molar refractivity (Wildman–Crippen MR) is 70.1 cm³/mol. The molecule has 0 amide bonds. The molecule has 2 N–H and O–H groups in total. The van der Waals surface area contributed by atoms with Crippen LogP contribution < -0.4 is 5.73 Å². The number of esters is 3. The number of hydrogen-bond donors (Lipinski definition) is 1. The van der Waals surface area contributed by atoms with Crippen LogP contribution in [0.25, 0.3) is 0 Å². The van der Waals surface area contributed by atoms with Gasteiger partial charge in [0.15, 0.2) is 12.2 Å². The fourth-order valence-electron chi connectivity index (χ4n) is 2.15. The Morgan fingerprint density at radius 3 is 2.00 bits per heavy atom. The predicted octanol–water partition coefficient (Wildman–Crippen LogP) is -0.472. The molecular formula is C13H21NO7. The van der Waals surface area contributed by atoms with E-state index in [-0.39, 0.29) is 6.61 Å². The van der Waals surface area contributed by atoms with Gasteiger partial charge in [-0.15, -0.1) is 0 Å². The summed E-state index contributed by atoms with van der Waals surface area (Å²) in [5, 5.41) is 0. The van der Waals surface area contributed by atoms with Crippen molar-refractivity contribution < 1.29 is 33.3 Å². The van der Waals surface area contributed by atoms with Crippen molar-refractivity contribution >= 4 is 17.9 Å². The van der Waals surface area contributed by atoms with Crippen LogP contribution >= 0.6 is 0 Å². The first-order chi connectivity index (χ1) is 9.72. The summed E-state index contributed by atoms with van der Waals surface area (Å²) >= 11 is 0. The SMILES string of the molecule is CC(=O)OC[C@H]1OC(C)[C@H](N)[C@@H](OC(C)=O)[C@H]1OC(C)=O. The first-order valence-corrected chi connectivity index (χ1v) is 6.61. The van der Waals surface area contributed by atoms with Gasteiger partial charge in [-0.25, -0.2) is 0 Å². The molecule has 1 aliphatic heterocycles. The van der Waals surface area contributed by atoms with E-state index in [1.807, 2.05) is 0 Å². The van der Waals surface area contributed by atoms with Crippen molar-refractivity contribution in [2.45, 2.75) is 58.2 Å². The Labute approximate surface area is 122 Å². The highest BCUT2D eigenvalue weighted by molar-refractivity contribution is 5.67. The summed E-state index contributed by atoms with van der Waals surface area (Å²) in [6.45, 7) is 5.28. The molecule has 1 unspecified atom stereocenters. The Bertz CT molecular complexity index is 411. The van der Waals surface area contributed by atoms with Crippen LogP contribution in [0, 0.1) is 0 Å². The molecule has 5 atom stereocenters. The van der Waals surface area contributed by atoms with Gasteiger partial charge in [-0.2, -0.15) is 0 Å². The van der Waals surface area contributed by atoms with Crippen molar-refractivity contribution in [3.8, 4) is 0 Å². The second-order valence-corrected chi connectivity index (χ2v) is 4.91. The van der Waals surface area contributed by atoms with Gasteiger partial charge in [0.05, 0.1) is 12.1 Å². The molecule has 0 saturated carbocycles. The molecule has 0 aromatic heterocycles. The van der Waals surface area contributed by atoms with E-state index in [1.54, 1.807) is 6.92 Å². The van der Waals surface area contributed by atoms with Crippen molar-refractivity contribution in [2.24, 2.45) is 5.73 Å². The molecule has 1 rings (SSSR count). The van der Waals surface area contributed by atoms with Crippen LogP contribution in [-0.4, -0.2) is 55.0 Å². The quantitative estimate of drug-likeness (QED) is 0.547. The number of carbonyl (C=O) groups is 3. The molecule has 0 aliphatic carbocycles. The van der Waals surface area contributed by atoms with E-state index < -0.39 is 48.4 Å². The summed E-state index contributed by atoms with van der Waals surface area (Å²) in [6, 6.07) is -0.660. The lowest BCUT2D eigenvalue weighted by Crippen LogP contribution is -2.63. The second kappa shape index (κ2) is 7.37. The van der Waals surface area contributed by atoms with Gasteiger partial charge in [-0.3, -0.25) is 14.4 Å². The van der Waals surface area contributed by atoms with Crippen LogP contribution in [0.5, 0.6) is 0 Å². The van der Waals surface area contributed by atoms with Crippen LogP contribution in [0.3, 0.4) is 0 Å². The maximum Gasteiger partial charge on any atom is 0.303 e. The molecule has 1 fully saturated rings. The normalized spacial score (nSPS) is 32.1. The van der Waals surface area contributed by atoms with Crippen LogP contribution in [0.15, 0.2) is 0 Å². The minimum Gasteiger partial charge on any atom is -0.463 e. The van der Waals surface area contributed by atoms with Gasteiger partial charge in [0.25, 0.3) is 0 Å². The summed E-state index contributed by atoms with van der Waals surface area (Å²) in [6.07, 6.45) is -3.01. The van der Waals surface area contributed by atoms with E-state index >= 15 is 0 Å². The highest BCUT2D eigenvalue weighted by Crippen LogP contribution is 2.25. The first-order valence-electron chi connectivity index (χ1n) is 6.61. The third-order valence-electron chi connectivity index (χ3n) is 3.06. The van der Waals surface area contributed by atoms with Gasteiger partial charge in [0, 0.05) is 20.8 Å². The van der Waals surface area contributed by atoms with Crippen LogP contribution in [0.1, 0.15) is 27.7 Å². The molecule has 120 valence electrons. The van der Waals surface area contributed by atoms with Gasteiger partial charge < -0.3 is 24.7 Å². The largest absolute Gasteiger partial charge is 0.463 e. The van der Waals surface area contributed by atoms with Crippen molar-refractivity contribution in [3.63, 3.8) is 0 Å². The molecule has 0 spiro atoms. The number of rotatable bonds is 4. The zero-order valence-electron chi connectivity index (χ0n) is 12.5. The van der Waals surface area contributed by atoms with Crippen LogP contribution in [0.2, 0.25) is 0 Å². The summed E-state index contributed by atoms with van der Waals surface area (Å²) < 4.78 is 20.8. The minimum atomic E-state index is -0.933. The van der Waals surface area contributed by atoms with Crippen LogP contribution in [-0.2, 0) is 33.3 Å². The molecule has 1 saturated heterocycles. The summed E-state index contributed by atoms with van der Waals surface area (Å²) in [4.78, 5) is 33.4. The van der Waals surface area contributed by atoms with Gasteiger partial charge >= 0.3 is 17.9 Å². The Morgan fingerprint density at radius 2 is 1.52 bits per heavy atom. The average molecular weight is 303 g/mol. The third kappa shape index (κ3) is 4.98. The molecule has 1 aliphatic rings. The molecule has 0 aromatic carbocycles. The molecule has 0 radical (unpaired) electrons. The fourth-order valence-corrected chi connectivity index (χ4v) is 2.15. The molecule has 0 aromatic rings. The fraction of sp³-hybridized carbons (Fsp3) is 0.769. The average Bonchev–Trinajstić information content (AvgIpc) is 2.35. The van der Waals surface area contributed by atoms with Crippen molar-refractivity contribution in [1.82, 2.24) is 0 Å². The standard InChI is InChI=1S/C13H21NO7/c1-6-11(14)13(21-9(4)17)12(20-8(3)16)10(19-6)5-18-7(2)15/h6,10-13H,5,14H2,1-4H3/t6?,10-,11+,12+,13-/m1/s1. The van der Waals surface area contributed by atoms with Crippen molar-refractivity contribution in [2.75, 3.05) is 6.61 Å². The van der Waals surface area contributed by atoms with Crippen LogP contribution in [0.4, 0.5) is 0 Å². The highest BCUT2D eigenvalue weighted by atomic mass is 16.6. The topological polar surface area (TPSA) is 114 Å². The maximum atomic E-state index is 11.2. The Kier molecular flexibility index (Phi) is 6.10. The Hall–Kier alpha value is -1.67. The number of ether oxygens (including phenoxy) is 4. The van der Waals surface area contributed by atoms with E-state index in [9.17, 15) is 14.4 Å². The van der Waals surface area contributed by atoms with E-state index in [2.05, 4.69) is 0 Å². The van der Waals surface area contributed by atoms with Crippen molar-refractivity contribution in [1.29, 1.82) is 0 Å². The van der Waals surface area contributed by atoms with Gasteiger partial charge in [-0.05, 0) is 6.92 Å². The molecule has 0 bridgehead atoms. The molecule has 21 heavy (non-hydrogen) atoms. The summed E-state index contributed by atoms with van der Waals surface area (Å²) in [5.74, 6) is -1.62. The lowest BCUT2D eigenvalue weighted by atomic mass is 9.93. The second-order valence-electron chi connectivity index (χ2n) is 4.91. The van der Waals surface area contributed by atoms with Gasteiger partial charge in [-0.1, -0.05) is 0 Å². The zero-order valence-corrected chi connectivity index (χ0v) is 12.5. The van der Waals surface area contributed by atoms with E-state index in [0.29, 0.717) is 0 Å². The van der Waals surface area contributed by atoms with Crippen molar-refractivity contribution in [3.05, 3.63) is 0 Å². The van der Waals surface area contributed by atoms with Gasteiger partial charge in [0.2, 0.25) is 0 Å². The highest BCUT2D eigenvalue weighted by Gasteiger charge is 2.47. The zero-order chi connectivity index (χ0) is 16.2. The first kappa shape index (κ1) is 17.4. The molecular weight excluding hydrogens is 282 g/mol. The third-order valence-corrected chi connectivity index (χ3v) is 3.06. The smallest absolute Gasteiger partial charge is 0.303 e. The van der Waals surface area contributed by atoms with Gasteiger partial charge in [0.1, 0.15) is 12.7 Å². The number of nitrogens with two attached hydrogens (primary N) is 1. The molecule has 8 heteroatoms. The molecule has 1 heterocycles. The Morgan fingerprint density at radius 1 is 1.00 bits per heavy atom. The maximum absolute atomic E-state index is 11.2. The van der Waals surface area contributed by atoms with E-state index in [4.69, 9.17) is 24.7 Å². The number of hydrogen-bond acceptors (Lipinski definition) is 8. The summed E-state index contributed by atoms with van der Waals surface area (Å²) in [5.41, 5.74) is 5.95.